The van der Waals surface area contributed by atoms with E-state index in [-0.39, 0.29) is 11.8 Å². The van der Waals surface area contributed by atoms with Crippen LogP contribution in [0.15, 0.2) is 18.5 Å². The molecule has 0 saturated carbocycles. The topological polar surface area (TPSA) is 81.9 Å². The fraction of sp³-hybridized carbons (Fsp3) is 0.529. The van der Waals surface area contributed by atoms with Gasteiger partial charge in [-0.05, 0) is 32.8 Å². The molecule has 0 aromatic carbocycles. The maximum Gasteiger partial charge on any atom is 0.255 e. The molecule has 1 saturated heterocycles. The van der Waals surface area contributed by atoms with Crippen LogP contribution >= 0.6 is 0 Å². The molecule has 2 aromatic rings. The van der Waals surface area contributed by atoms with E-state index in [0.29, 0.717) is 18.7 Å². The lowest BCUT2D eigenvalue weighted by Crippen LogP contribution is -2.24. The number of carbonyl (C=O) groups excluding carboxylic acids is 1. The molecule has 0 radical (unpaired) electrons. The number of hydrogen-bond donors (Lipinski definition) is 1. The third-order valence-electron chi connectivity index (χ3n) is 4.20. The van der Waals surface area contributed by atoms with E-state index in [1.807, 2.05) is 19.9 Å². The van der Waals surface area contributed by atoms with Gasteiger partial charge in [-0.3, -0.25) is 9.48 Å². The van der Waals surface area contributed by atoms with Gasteiger partial charge in [-0.1, -0.05) is 0 Å². The van der Waals surface area contributed by atoms with Crippen LogP contribution in [0.2, 0.25) is 0 Å². The van der Waals surface area contributed by atoms with Gasteiger partial charge in [0.15, 0.2) is 0 Å². The summed E-state index contributed by atoms with van der Waals surface area (Å²) < 4.78 is 7.26. The maximum absolute atomic E-state index is 12.3. The number of nitrogens with zero attached hydrogens (tertiary/aromatic N) is 4. The SMILES string of the molecule is CCn1cc(C(=O)NCc2ccnc([C@@H]3CCCOC3)n2)c(C)n1. The molecule has 1 atom stereocenters. The molecule has 0 unspecified atom stereocenters. The summed E-state index contributed by atoms with van der Waals surface area (Å²) in [6.45, 7) is 6.44. The first kappa shape index (κ1) is 16.6. The minimum Gasteiger partial charge on any atom is -0.381 e. The molecule has 0 spiro atoms. The highest BCUT2D eigenvalue weighted by molar-refractivity contribution is 5.94. The number of ether oxygens (including phenoxy) is 1. The molecular formula is C17H23N5O2. The van der Waals surface area contributed by atoms with Gasteiger partial charge in [0, 0.05) is 31.5 Å². The van der Waals surface area contributed by atoms with Crippen LogP contribution in [0.5, 0.6) is 0 Å². The van der Waals surface area contributed by atoms with Crippen molar-refractivity contribution < 1.29 is 9.53 Å². The third kappa shape index (κ3) is 3.79. The Bertz CT molecular complexity index is 707. The van der Waals surface area contributed by atoms with Crippen molar-refractivity contribution >= 4 is 5.91 Å². The van der Waals surface area contributed by atoms with E-state index >= 15 is 0 Å². The summed E-state index contributed by atoms with van der Waals surface area (Å²) in [7, 11) is 0. The Morgan fingerprint density at radius 1 is 1.50 bits per heavy atom. The van der Waals surface area contributed by atoms with E-state index in [9.17, 15) is 4.79 Å². The first-order chi connectivity index (χ1) is 11.7. The first-order valence-corrected chi connectivity index (χ1v) is 8.39. The average molecular weight is 329 g/mol. The van der Waals surface area contributed by atoms with Gasteiger partial charge in [-0.25, -0.2) is 9.97 Å². The second kappa shape index (κ2) is 7.53. The Hall–Kier alpha value is -2.28. The number of carbonyl (C=O) groups is 1. The molecule has 0 aliphatic carbocycles. The summed E-state index contributed by atoms with van der Waals surface area (Å²) in [5.74, 6) is 0.921. The van der Waals surface area contributed by atoms with Gasteiger partial charge < -0.3 is 10.1 Å². The number of hydrogen-bond acceptors (Lipinski definition) is 5. The third-order valence-corrected chi connectivity index (χ3v) is 4.20. The van der Waals surface area contributed by atoms with Crippen LogP contribution in [-0.2, 0) is 17.8 Å². The lowest BCUT2D eigenvalue weighted by Gasteiger charge is -2.20. The summed E-state index contributed by atoms with van der Waals surface area (Å²) in [5, 5.41) is 7.21. The molecule has 128 valence electrons. The Balaban J connectivity index is 1.63. The second-order valence-electron chi connectivity index (χ2n) is 5.99. The van der Waals surface area contributed by atoms with Gasteiger partial charge in [0.2, 0.25) is 0 Å². The molecule has 1 N–H and O–H groups in total. The van der Waals surface area contributed by atoms with Crippen LogP contribution in [-0.4, -0.2) is 38.9 Å². The van der Waals surface area contributed by atoms with E-state index in [2.05, 4.69) is 20.4 Å². The van der Waals surface area contributed by atoms with E-state index < -0.39 is 0 Å². The van der Waals surface area contributed by atoms with Gasteiger partial charge >= 0.3 is 0 Å². The van der Waals surface area contributed by atoms with Gasteiger partial charge in [0.1, 0.15) is 5.82 Å². The summed E-state index contributed by atoms with van der Waals surface area (Å²) in [6, 6.07) is 1.83. The molecule has 1 amide bonds. The van der Waals surface area contributed by atoms with Crippen LogP contribution in [0.3, 0.4) is 0 Å². The number of amides is 1. The van der Waals surface area contributed by atoms with Gasteiger partial charge in [-0.2, -0.15) is 5.10 Å². The molecular weight excluding hydrogens is 306 g/mol. The van der Waals surface area contributed by atoms with Crippen molar-refractivity contribution in [3.05, 3.63) is 41.2 Å². The average Bonchev–Trinajstić information content (AvgIpc) is 3.02. The highest BCUT2D eigenvalue weighted by Crippen LogP contribution is 2.22. The molecule has 1 aliphatic rings. The summed E-state index contributed by atoms with van der Waals surface area (Å²) >= 11 is 0. The Morgan fingerprint density at radius 2 is 2.38 bits per heavy atom. The minimum atomic E-state index is -0.131. The highest BCUT2D eigenvalue weighted by Gasteiger charge is 2.19. The van der Waals surface area contributed by atoms with E-state index in [1.54, 1.807) is 17.1 Å². The lowest BCUT2D eigenvalue weighted by atomic mass is 10.0. The van der Waals surface area contributed by atoms with E-state index in [4.69, 9.17) is 4.74 Å². The Labute approximate surface area is 141 Å². The zero-order chi connectivity index (χ0) is 16.9. The van der Waals surface area contributed by atoms with Crippen LogP contribution in [0, 0.1) is 6.92 Å². The largest absolute Gasteiger partial charge is 0.381 e. The predicted octanol–water partition coefficient (Wildman–Crippen LogP) is 1.83. The minimum absolute atomic E-state index is 0.131. The van der Waals surface area contributed by atoms with E-state index in [1.165, 1.54) is 0 Å². The van der Waals surface area contributed by atoms with Crippen molar-refractivity contribution in [3.8, 4) is 0 Å². The molecule has 24 heavy (non-hydrogen) atoms. The molecule has 1 aliphatic heterocycles. The van der Waals surface area contributed by atoms with Crippen LogP contribution in [0.4, 0.5) is 0 Å². The second-order valence-corrected chi connectivity index (χ2v) is 5.99. The monoisotopic (exact) mass is 329 g/mol. The van der Waals surface area contributed by atoms with Gasteiger partial charge in [-0.15, -0.1) is 0 Å². The standard InChI is InChI=1S/C17H23N5O2/c1-3-22-10-15(12(2)21-22)17(23)19-9-14-6-7-18-16(20-14)13-5-4-8-24-11-13/h6-7,10,13H,3-5,8-9,11H2,1-2H3,(H,19,23)/t13-/m1/s1. The normalized spacial score (nSPS) is 17.7. The van der Waals surface area contributed by atoms with Crippen molar-refractivity contribution in [1.82, 2.24) is 25.1 Å². The Morgan fingerprint density at radius 3 is 3.08 bits per heavy atom. The number of nitrogens with one attached hydrogen (secondary N) is 1. The summed E-state index contributed by atoms with van der Waals surface area (Å²) in [5.41, 5.74) is 2.14. The van der Waals surface area contributed by atoms with Crippen LogP contribution in [0.25, 0.3) is 0 Å². The van der Waals surface area contributed by atoms with Crippen molar-refractivity contribution in [1.29, 1.82) is 0 Å². The molecule has 3 heterocycles. The number of rotatable bonds is 5. The molecule has 7 nitrogen and oxygen atoms in total. The zero-order valence-corrected chi connectivity index (χ0v) is 14.2. The Kier molecular flexibility index (Phi) is 5.20. The number of aromatic nitrogens is 4. The zero-order valence-electron chi connectivity index (χ0n) is 14.2. The van der Waals surface area contributed by atoms with Crippen molar-refractivity contribution in [3.63, 3.8) is 0 Å². The maximum atomic E-state index is 12.3. The molecule has 1 fully saturated rings. The van der Waals surface area contributed by atoms with E-state index in [0.717, 1.165) is 43.2 Å². The van der Waals surface area contributed by atoms with Crippen molar-refractivity contribution in [2.75, 3.05) is 13.2 Å². The quantitative estimate of drug-likeness (QED) is 0.905. The fourth-order valence-corrected chi connectivity index (χ4v) is 2.82. The molecule has 7 heteroatoms. The van der Waals surface area contributed by atoms with Crippen molar-refractivity contribution in [2.45, 2.75) is 45.7 Å². The van der Waals surface area contributed by atoms with Crippen LogP contribution in [0.1, 0.15) is 53.3 Å². The lowest BCUT2D eigenvalue weighted by molar-refractivity contribution is 0.0779. The first-order valence-electron chi connectivity index (χ1n) is 8.39. The van der Waals surface area contributed by atoms with Crippen molar-refractivity contribution in [2.24, 2.45) is 0 Å². The smallest absolute Gasteiger partial charge is 0.255 e. The summed E-state index contributed by atoms with van der Waals surface area (Å²) in [6.07, 6.45) is 5.61. The summed E-state index contributed by atoms with van der Waals surface area (Å²) in [4.78, 5) is 21.3. The van der Waals surface area contributed by atoms with Gasteiger partial charge in [0.25, 0.3) is 5.91 Å². The molecule has 0 bridgehead atoms. The fourth-order valence-electron chi connectivity index (χ4n) is 2.82. The van der Waals surface area contributed by atoms with Gasteiger partial charge in [0.05, 0.1) is 30.1 Å². The number of aryl methyl sites for hydroxylation is 2. The molecule has 3 rings (SSSR count). The molecule has 2 aromatic heterocycles. The van der Waals surface area contributed by atoms with Crippen LogP contribution < -0.4 is 5.32 Å². The highest BCUT2D eigenvalue weighted by atomic mass is 16.5. The predicted molar refractivity (Wildman–Crippen MR) is 88.6 cm³/mol.